The van der Waals surface area contributed by atoms with Crippen molar-refractivity contribution in [1.29, 1.82) is 0 Å². The summed E-state index contributed by atoms with van der Waals surface area (Å²) in [5.74, 6) is -2.85. The third-order valence-corrected chi connectivity index (χ3v) is 13.9. The van der Waals surface area contributed by atoms with E-state index in [-0.39, 0.29) is 49.5 Å². The Balaban J connectivity index is 1.22. The van der Waals surface area contributed by atoms with Gasteiger partial charge in [-0.25, -0.2) is 13.4 Å². The van der Waals surface area contributed by atoms with Gasteiger partial charge in [-0.2, -0.15) is 4.98 Å². The molecule has 4 aliphatic rings. The van der Waals surface area contributed by atoms with Gasteiger partial charge in [0.2, 0.25) is 21.8 Å². The van der Waals surface area contributed by atoms with Gasteiger partial charge in [-0.1, -0.05) is 31.1 Å². The summed E-state index contributed by atoms with van der Waals surface area (Å²) in [5.41, 5.74) is 0.488. The highest BCUT2D eigenvalue weighted by Gasteiger charge is 2.61. The molecule has 2 amide bonds. The normalized spacial score (nSPS) is 26.9. The molecule has 4 heterocycles. The number of rotatable bonds is 9. The lowest BCUT2D eigenvalue weighted by Crippen LogP contribution is -2.46. The molecule has 3 aromatic rings. The van der Waals surface area contributed by atoms with Crippen molar-refractivity contribution in [1.82, 2.24) is 24.2 Å². The molecular weight excluding hydrogens is 755 g/mol. The van der Waals surface area contributed by atoms with Crippen molar-refractivity contribution in [2.75, 3.05) is 6.54 Å². The first-order valence-electron chi connectivity index (χ1n) is 19.9. The van der Waals surface area contributed by atoms with E-state index in [1.807, 2.05) is 54.1 Å². The number of esters is 1. The fourth-order valence-corrected chi connectivity index (χ4v) is 10.3. The monoisotopic (exact) mass is 807 g/mol. The minimum absolute atomic E-state index is 0.0416. The van der Waals surface area contributed by atoms with Crippen molar-refractivity contribution in [2.24, 2.45) is 17.3 Å². The summed E-state index contributed by atoms with van der Waals surface area (Å²) in [4.78, 5) is 67.4. The van der Waals surface area contributed by atoms with Crippen LogP contribution in [0.15, 0.2) is 41.9 Å². The molecular formula is C41H53N5O8S2. The number of fused-ring (bicyclic) bond motifs is 3. The molecule has 56 heavy (non-hydrogen) atoms. The number of imidazole rings is 1. The molecule has 2 aliphatic carbocycles. The van der Waals surface area contributed by atoms with Gasteiger partial charge in [0.25, 0.3) is 6.01 Å². The Bertz CT molecular complexity index is 2120. The minimum Gasteiger partial charge on any atom is -0.460 e. The predicted molar refractivity (Wildman–Crippen MR) is 212 cm³/mol. The van der Waals surface area contributed by atoms with Crippen molar-refractivity contribution >= 4 is 56.0 Å². The Morgan fingerprint density at radius 1 is 1.11 bits per heavy atom. The van der Waals surface area contributed by atoms with Gasteiger partial charge in [0.15, 0.2) is 5.78 Å². The van der Waals surface area contributed by atoms with E-state index in [1.165, 1.54) is 16.2 Å². The largest absolute Gasteiger partial charge is 0.460 e. The number of nitrogens with zero attached hydrogens (tertiary/aromatic N) is 4. The Morgan fingerprint density at radius 2 is 1.89 bits per heavy atom. The minimum atomic E-state index is -3.85. The van der Waals surface area contributed by atoms with Crippen LogP contribution in [0.5, 0.6) is 6.01 Å². The number of hydrogen-bond acceptors (Lipinski definition) is 11. The average molecular weight is 808 g/mol. The molecule has 5 atom stereocenters. The van der Waals surface area contributed by atoms with Crippen LogP contribution in [0.2, 0.25) is 0 Å². The Morgan fingerprint density at radius 3 is 2.59 bits per heavy atom. The van der Waals surface area contributed by atoms with E-state index in [4.69, 9.17) is 14.5 Å². The quantitative estimate of drug-likeness (QED) is 0.186. The highest BCUT2D eigenvalue weighted by molar-refractivity contribution is 7.90. The number of para-hydroxylation sites is 1. The highest BCUT2D eigenvalue weighted by atomic mass is 32.2. The Labute approximate surface area is 332 Å². The van der Waals surface area contributed by atoms with E-state index in [0.29, 0.717) is 38.1 Å². The first-order valence-corrected chi connectivity index (χ1v) is 22.3. The zero-order valence-electron chi connectivity index (χ0n) is 32.9. The Hall–Kier alpha value is -4.11. The van der Waals surface area contributed by atoms with Crippen molar-refractivity contribution in [3.8, 4) is 16.6 Å². The van der Waals surface area contributed by atoms with Crippen LogP contribution in [0.1, 0.15) is 111 Å². The fraction of sp³-hybridized carbons (Fsp3) is 0.610. The summed E-state index contributed by atoms with van der Waals surface area (Å²) in [6, 6.07) is 5.26. The molecule has 1 N–H and O–H groups in total. The molecule has 15 heteroatoms. The van der Waals surface area contributed by atoms with E-state index in [9.17, 15) is 27.6 Å². The van der Waals surface area contributed by atoms with Gasteiger partial charge in [0.1, 0.15) is 22.2 Å². The number of aromatic nitrogens is 3. The number of carbonyl (C=O) groups excluding carboxylic acids is 4. The number of nitrogens with one attached hydrogen (secondary N) is 1. The molecule has 302 valence electrons. The first kappa shape index (κ1) is 40.1. The third-order valence-electron chi connectivity index (χ3n) is 11.3. The summed E-state index contributed by atoms with van der Waals surface area (Å²) >= 11 is 1.51. The summed E-state index contributed by atoms with van der Waals surface area (Å²) in [7, 11) is -3.85. The maximum atomic E-state index is 14.7. The number of sulfonamides is 1. The van der Waals surface area contributed by atoms with E-state index in [2.05, 4.69) is 9.71 Å². The molecule has 1 saturated heterocycles. The number of Topliss-reactive ketones (excluding diaryl/α,β-unsaturated/α-hetero) is 1. The zero-order valence-corrected chi connectivity index (χ0v) is 34.5. The number of hydrogen-bond donors (Lipinski definition) is 1. The fourth-order valence-electron chi connectivity index (χ4n) is 8.26. The van der Waals surface area contributed by atoms with Crippen LogP contribution in [0.25, 0.3) is 21.6 Å². The second-order valence-corrected chi connectivity index (χ2v) is 20.0. The number of amides is 2. The molecule has 2 saturated carbocycles. The van der Waals surface area contributed by atoms with Crippen LogP contribution < -0.4 is 9.46 Å². The maximum Gasteiger partial charge on any atom is 0.307 e. The zero-order chi connectivity index (χ0) is 40.0. The molecule has 0 radical (unpaired) electrons. The average Bonchev–Trinajstić information content (AvgIpc) is 3.91. The first-order chi connectivity index (χ1) is 26.6. The second-order valence-electron chi connectivity index (χ2n) is 17.2. The molecule has 0 spiro atoms. The number of ketones is 1. The molecule has 2 aromatic heterocycles. The van der Waals surface area contributed by atoms with Gasteiger partial charge in [0, 0.05) is 41.9 Å². The molecule has 7 rings (SSSR count). The molecule has 1 aromatic carbocycles. The van der Waals surface area contributed by atoms with E-state index in [0.717, 1.165) is 40.9 Å². The van der Waals surface area contributed by atoms with Crippen molar-refractivity contribution in [3.05, 3.63) is 41.9 Å². The van der Waals surface area contributed by atoms with Gasteiger partial charge in [-0.3, -0.25) is 28.5 Å². The maximum absolute atomic E-state index is 14.7. The van der Waals surface area contributed by atoms with Crippen LogP contribution in [-0.4, -0.2) is 81.0 Å². The summed E-state index contributed by atoms with van der Waals surface area (Å²) in [5, 5.41) is 2.14. The second kappa shape index (κ2) is 15.7. The number of carbonyl (C=O) groups is 4. The van der Waals surface area contributed by atoms with Gasteiger partial charge >= 0.3 is 5.97 Å². The van der Waals surface area contributed by atoms with Gasteiger partial charge in [-0.15, -0.1) is 11.3 Å². The van der Waals surface area contributed by atoms with E-state index in [1.54, 1.807) is 27.0 Å². The molecule has 2 aliphatic heterocycles. The van der Waals surface area contributed by atoms with Crippen LogP contribution in [0.3, 0.4) is 0 Å². The lowest BCUT2D eigenvalue weighted by molar-refractivity contribution is -0.159. The van der Waals surface area contributed by atoms with Gasteiger partial charge in [-0.05, 0) is 91.2 Å². The number of allylic oxidation sites excluding steroid dienone is 2. The van der Waals surface area contributed by atoms with Crippen LogP contribution in [0.4, 0.5) is 0 Å². The van der Waals surface area contributed by atoms with E-state index < -0.39 is 56.2 Å². The van der Waals surface area contributed by atoms with Crippen LogP contribution in [-0.2, 0) is 33.9 Å². The lowest BCUT2D eigenvalue weighted by atomic mass is 9.90. The Kier molecular flexibility index (Phi) is 11.2. The topological polar surface area (TPSA) is 167 Å². The van der Waals surface area contributed by atoms with Gasteiger partial charge < -0.3 is 14.4 Å². The smallest absolute Gasteiger partial charge is 0.307 e. The van der Waals surface area contributed by atoms with E-state index >= 15 is 0 Å². The van der Waals surface area contributed by atoms with Crippen LogP contribution >= 0.6 is 11.3 Å². The number of thiazole rings is 1. The van der Waals surface area contributed by atoms with Gasteiger partial charge in [0.05, 0.1) is 35.2 Å². The standard InChI is InChI=1S/C41H53N5O8S2/c1-25(2)46-31-15-11-14-30(36-42-18-19-55-36)35(31)43-39(46)53-28-21-32-33(47)23-41(38(50)44-56(51,52)29-16-17-29)22-27(41)13-10-8-6-7-9-12-26(37(49)45(32)24-28)20-34(48)54-40(3,4)5/h10-11,13-15,18-19,25-29,32H,6-9,12,16-17,20-24H2,1-5H3,(H,44,50)/b13-10-/t26-,27+,28-,32+,41-/m1/s1. The van der Waals surface area contributed by atoms with Crippen molar-refractivity contribution in [2.45, 2.75) is 134 Å². The van der Waals surface area contributed by atoms with Crippen molar-refractivity contribution < 1.29 is 37.1 Å². The highest BCUT2D eigenvalue weighted by Crippen LogP contribution is 2.57. The number of benzene rings is 1. The van der Waals surface area contributed by atoms with Crippen LogP contribution in [0, 0.1) is 17.3 Å². The summed E-state index contributed by atoms with van der Waals surface area (Å²) in [6.45, 7) is 9.48. The number of ether oxygens (including phenoxy) is 2. The molecule has 13 nitrogen and oxygen atoms in total. The third kappa shape index (κ3) is 8.58. The lowest BCUT2D eigenvalue weighted by Gasteiger charge is -2.29. The predicted octanol–water partition coefficient (Wildman–Crippen LogP) is 6.53. The SMILES string of the molecule is CC(C)n1c(O[C@@H]2C[C@H]3C(=O)C[C@]4(C(=O)NS(=O)(=O)C5CC5)C[C@@H]4/C=C\CCCCC[C@H](CC(=O)OC(C)(C)C)C(=O)N3C2)nc2c(-c3nccs3)cccc21. The van der Waals surface area contributed by atoms with Crippen molar-refractivity contribution in [3.63, 3.8) is 0 Å². The molecule has 0 bridgehead atoms. The summed E-state index contributed by atoms with van der Waals surface area (Å²) in [6.07, 6.45) is 9.74. The molecule has 3 fully saturated rings. The molecule has 0 unspecified atom stereocenters. The summed E-state index contributed by atoms with van der Waals surface area (Å²) < 4.78 is 42.5.